The number of carboxylic acid groups (broad SMARTS) is 1. The van der Waals surface area contributed by atoms with Crippen molar-refractivity contribution in [3.8, 4) is 0 Å². The highest BCUT2D eigenvalue weighted by Gasteiger charge is 2.49. The molecule has 1 fully saturated rings. The predicted octanol–water partition coefficient (Wildman–Crippen LogP) is 2.63. The van der Waals surface area contributed by atoms with Gasteiger partial charge in [0.15, 0.2) is 0 Å². The van der Waals surface area contributed by atoms with Gasteiger partial charge in [0.25, 0.3) is 0 Å². The summed E-state index contributed by atoms with van der Waals surface area (Å²) in [4.78, 5) is 25.7. The lowest BCUT2D eigenvalue weighted by Gasteiger charge is -2.30. The Morgan fingerprint density at radius 1 is 1.26 bits per heavy atom. The highest BCUT2D eigenvalue weighted by Crippen LogP contribution is 2.39. The molecule has 110 valence electrons. The first kappa shape index (κ1) is 16.0. The third-order valence-corrected chi connectivity index (χ3v) is 5.03. The van der Waals surface area contributed by atoms with Gasteiger partial charge in [0.2, 0.25) is 5.91 Å². The molecule has 1 rings (SSSR count). The SMILES string of the molecule is CCC(C)C(C)C(=O)N1CCC(C(=O)O)(C(C)C)C1. The Balaban J connectivity index is 2.80. The average molecular weight is 269 g/mol. The Morgan fingerprint density at radius 2 is 1.84 bits per heavy atom. The summed E-state index contributed by atoms with van der Waals surface area (Å²) in [5.41, 5.74) is -0.759. The summed E-state index contributed by atoms with van der Waals surface area (Å²) in [6.45, 7) is 10.9. The number of rotatable bonds is 5. The Morgan fingerprint density at radius 3 is 2.21 bits per heavy atom. The smallest absolute Gasteiger partial charge is 0.311 e. The van der Waals surface area contributed by atoms with E-state index < -0.39 is 11.4 Å². The number of likely N-dealkylation sites (tertiary alicyclic amines) is 1. The van der Waals surface area contributed by atoms with Gasteiger partial charge in [-0.1, -0.05) is 41.0 Å². The fourth-order valence-corrected chi connectivity index (χ4v) is 2.80. The Labute approximate surface area is 116 Å². The van der Waals surface area contributed by atoms with Gasteiger partial charge in [-0.15, -0.1) is 0 Å². The molecule has 4 nitrogen and oxygen atoms in total. The molecule has 1 aliphatic rings. The van der Waals surface area contributed by atoms with Crippen LogP contribution in [0.2, 0.25) is 0 Å². The van der Waals surface area contributed by atoms with Gasteiger partial charge in [-0.2, -0.15) is 0 Å². The second-order valence-corrected chi connectivity index (χ2v) is 6.30. The molecule has 0 aromatic heterocycles. The molecular formula is C15H27NO3. The molecule has 4 heteroatoms. The fourth-order valence-electron chi connectivity index (χ4n) is 2.80. The van der Waals surface area contributed by atoms with Crippen molar-refractivity contribution in [2.75, 3.05) is 13.1 Å². The van der Waals surface area contributed by atoms with Gasteiger partial charge in [0.1, 0.15) is 0 Å². The van der Waals surface area contributed by atoms with Crippen LogP contribution in [0.3, 0.4) is 0 Å². The molecule has 0 bridgehead atoms. The Hall–Kier alpha value is -1.06. The lowest BCUT2D eigenvalue weighted by atomic mass is 9.76. The van der Waals surface area contributed by atoms with Gasteiger partial charge in [-0.25, -0.2) is 0 Å². The van der Waals surface area contributed by atoms with E-state index in [1.54, 1.807) is 4.90 Å². The second-order valence-electron chi connectivity index (χ2n) is 6.30. The van der Waals surface area contributed by atoms with E-state index in [2.05, 4.69) is 13.8 Å². The molecular weight excluding hydrogens is 242 g/mol. The van der Waals surface area contributed by atoms with Gasteiger partial charge in [0.05, 0.1) is 5.41 Å². The average Bonchev–Trinajstić information content (AvgIpc) is 2.82. The van der Waals surface area contributed by atoms with Crippen molar-refractivity contribution in [1.82, 2.24) is 4.90 Å². The van der Waals surface area contributed by atoms with Crippen LogP contribution in [-0.4, -0.2) is 35.0 Å². The van der Waals surface area contributed by atoms with Crippen molar-refractivity contribution in [3.63, 3.8) is 0 Å². The number of hydrogen-bond acceptors (Lipinski definition) is 2. The molecule has 0 saturated carbocycles. The highest BCUT2D eigenvalue weighted by molar-refractivity contribution is 5.82. The van der Waals surface area contributed by atoms with E-state index in [0.29, 0.717) is 25.4 Å². The molecule has 1 heterocycles. The zero-order chi connectivity index (χ0) is 14.8. The number of nitrogens with zero attached hydrogens (tertiary/aromatic N) is 1. The maximum Gasteiger partial charge on any atom is 0.311 e. The second kappa shape index (κ2) is 5.93. The summed E-state index contributed by atoms with van der Waals surface area (Å²) < 4.78 is 0. The summed E-state index contributed by atoms with van der Waals surface area (Å²) in [5.74, 6) is -0.304. The highest BCUT2D eigenvalue weighted by atomic mass is 16.4. The number of carbonyl (C=O) groups is 2. The van der Waals surface area contributed by atoms with Gasteiger partial charge >= 0.3 is 5.97 Å². The maximum absolute atomic E-state index is 12.4. The summed E-state index contributed by atoms with van der Waals surface area (Å²) in [7, 11) is 0. The van der Waals surface area contributed by atoms with Crippen LogP contribution in [0, 0.1) is 23.2 Å². The predicted molar refractivity (Wildman–Crippen MR) is 74.7 cm³/mol. The zero-order valence-electron chi connectivity index (χ0n) is 12.8. The summed E-state index contributed by atoms with van der Waals surface area (Å²) in [6.07, 6.45) is 1.54. The van der Waals surface area contributed by atoms with Crippen molar-refractivity contribution in [3.05, 3.63) is 0 Å². The third-order valence-electron chi connectivity index (χ3n) is 5.03. The van der Waals surface area contributed by atoms with Crippen molar-refractivity contribution < 1.29 is 14.7 Å². The van der Waals surface area contributed by atoms with Crippen molar-refractivity contribution in [1.29, 1.82) is 0 Å². The van der Waals surface area contributed by atoms with Crippen LogP contribution in [0.15, 0.2) is 0 Å². The van der Waals surface area contributed by atoms with Gasteiger partial charge < -0.3 is 10.0 Å². The number of hydrogen-bond donors (Lipinski definition) is 1. The minimum Gasteiger partial charge on any atom is -0.481 e. The molecule has 0 radical (unpaired) electrons. The number of carboxylic acids is 1. The molecule has 3 atom stereocenters. The largest absolute Gasteiger partial charge is 0.481 e. The van der Waals surface area contributed by atoms with Crippen LogP contribution in [0.4, 0.5) is 0 Å². The number of amides is 1. The van der Waals surface area contributed by atoms with Crippen molar-refractivity contribution in [2.45, 2.75) is 47.5 Å². The first-order valence-electron chi connectivity index (χ1n) is 7.28. The Bertz CT molecular complexity index is 353. The van der Waals surface area contributed by atoms with E-state index in [9.17, 15) is 14.7 Å². The molecule has 1 saturated heterocycles. The summed E-state index contributed by atoms with van der Waals surface area (Å²) >= 11 is 0. The molecule has 3 unspecified atom stereocenters. The lowest BCUT2D eigenvalue weighted by Crippen LogP contribution is -2.42. The first-order chi connectivity index (χ1) is 8.76. The molecule has 1 N–H and O–H groups in total. The topological polar surface area (TPSA) is 57.6 Å². The van der Waals surface area contributed by atoms with E-state index in [-0.39, 0.29) is 17.7 Å². The molecule has 19 heavy (non-hydrogen) atoms. The van der Waals surface area contributed by atoms with E-state index in [1.807, 2.05) is 20.8 Å². The standard InChI is InChI=1S/C15H27NO3/c1-6-11(4)12(5)13(17)16-8-7-15(9-16,10(2)3)14(18)19/h10-12H,6-9H2,1-5H3,(H,18,19). The normalized spacial score (nSPS) is 26.5. The minimum absolute atomic E-state index is 0.0262. The van der Waals surface area contributed by atoms with E-state index in [1.165, 1.54) is 0 Å². The van der Waals surface area contributed by atoms with E-state index in [4.69, 9.17) is 0 Å². The zero-order valence-corrected chi connectivity index (χ0v) is 12.8. The quantitative estimate of drug-likeness (QED) is 0.834. The van der Waals surface area contributed by atoms with Crippen molar-refractivity contribution >= 4 is 11.9 Å². The van der Waals surface area contributed by atoms with Crippen LogP contribution >= 0.6 is 0 Å². The van der Waals surface area contributed by atoms with Gasteiger partial charge in [-0.3, -0.25) is 9.59 Å². The molecule has 0 aromatic rings. The molecule has 1 aliphatic heterocycles. The van der Waals surface area contributed by atoms with Crippen LogP contribution < -0.4 is 0 Å². The Kier molecular flexibility index (Phi) is 4.99. The van der Waals surface area contributed by atoms with Gasteiger partial charge in [0, 0.05) is 19.0 Å². The monoisotopic (exact) mass is 269 g/mol. The molecule has 0 aromatic carbocycles. The molecule has 0 aliphatic carbocycles. The van der Waals surface area contributed by atoms with Crippen LogP contribution in [-0.2, 0) is 9.59 Å². The van der Waals surface area contributed by atoms with Crippen LogP contribution in [0.1, 0.15) is 47.5 Å². The third kappa shape index (κ3) is 2.93. The van der Waals surface area contributed by atoms with Gasteiger partial charge in [-0.05, 0) is 18.3 Å². The molecule has 1 amide bonds. The maximum atomic E-state index is 12.4. The number of aliphatic carboxylic acids is 1. The lowest BCUT2D eigenvalue weighted by molar-refractivity contribution is -0.151. The van der Waals surface area contributed by atoms with E-state index >= 15 is 0 Å². The van der Waals surface area contributed by atoms with Crippen LogP contribution in [0.5, 0.6) is 0 Å². The first-order valence-corrected chi connectivity index (χ1v) is 7.28. The summed E-state index contributed by atoms with van der Waals surface area (Å²) in [5, 5.41) is 9.49. The minimum atomic E-state index is -0.769. The van der Waals surface area contributed by atoms with Crippen LogP contribution in [0.25, 0.3) is 0 Å². The summed E-state index contributed by atoms with van der Waals surface area (Å²) in [6, 6.07) is 0. The number of carbonyl (C=O) groups excluding carboxylic acids is 1. The van der Waals surface area contributed by atoms with E-state index in [0.717, 1.165) is 6.42 Å². The fraction of sp³-hybridized carbons (Fsp3) is 0.867. The molecule has 0 spiro atoms. The van der Waals surface area contributed by atoms with Crippen molar-refractivity contribution in [2.24, 2.45) is 23.2 Å².